The molecule has 0 aliphatic carbocycles. The summed E-state index contributed by atoms with van der Waals surface area (Å²) >= 11 is 6.13. The van der Waals surface area contributed by atoms with Crippen molar-refractivity contribution in [1.82, 2.24) is 4.90 Å². The predicted octanol–water partition coefficient (Wildman–Crippen LogP) is 2.17. The van der Waals surface area contributed by atoms with Crippen LogP contribution in [0.25, 0.3) is 0 Å². The molecule has 134 valence electrons. The number of imide groups is 1. The standard InChI is InChI=1S/C18H21ClN2O4/c1-11-13(19)4-3-5-14(11)21-16(22)10-15(17(21)23)20-8-6-12(7-9-20)18(24)25-2/h3-5,12,15H,6-10H2,1-2H3/t15-/m1/s1. The summed E-state index contributed by atoms with van der Waals surface area (Å²) in [6.45, 7) is 3.01. The highest BCUT2D eigenvalue weighted by molar-refractivity contribution is 6.32. The van der Waals surface area contributed by atoms with Crippen molar-refractivity contribution in [1.29, 1.82) is 0 Å². The SMILES string of the molecule is COC(=O)C1CCN([C@@H]2CC(=O)N(c3cccc(Cl)c3C)C2=O)CC1. The molecule has 0 unspecified atom stereocenters. The number of ether oxygens (including phenoxy) is 1. The van der Waals surface area contributed by atoms with Crippen LogP contribution in [0.1, 0.15) is 24.8 Å². The van der Waals surface area contributed by atoms with E-state index in [1.165, 1.54) is 12.0 Å². The summed E-state index contributed by atoms with van der Waals surface area (Å²) in [5, 5.41) is 0.528. The number of rotatable bonds is 3. The minimum Gasteiger partial charge on any atom is -0.469 e. The summed E-state index contributed by atoms with van der Waals surface area (Å²) in [6, 6.07) is 4.74. The molecule has 2 fully saturated rings. The van der Waals surface area contributed by atoms with Gasteiger partial charge in [0.2, 0.25) is 5.91 Å². The number of carbonyl (C=O) groups excluding carboxylic acids is 3. The minimum atomic E-state index is -0.468. The molecule has 0 N–H and O–H groups in total. The average Bonchev–Trinajstić information content (AvgIpc) is 2.91. The first-order valence-electron chi connectivity index (χ1n) is 8.37. The molecule has 0 aromatic heterocycles. The van der Waals surface area contributed by atoms with Crippen LogP contribution in [0.4, 0.5) is 5.69 Å². The molecule has 0 bridgehead atoms. The van der Waals surface area contributed by atoms with Crippen molar-refractivity contribution in [3.05, 3.63) is 28.8 Å². The third-order valence-electron chi connectivity index (χ3n) is 5.11. The topological polar surface area (TPSA) is 66.9 Å². The molecule has 1 atom stereocenters. The normalized spacial score (nSPS) is 22.5. The van der Waals surface area contributed by atoms with E-state index < -0.39 is 6.04 Å². The summed E-state index contributed by atoms with van der Waals surface area (Å²) in [6.07, 6.45) is 1.44. The number of nitrogens with zero attached hydrogens (tertiary/aromatic N) is 2. The quantitative estimate of drug-likeness (QED) is 0.607. The zero-order valence-electron chi connectivity index (χ0n) is 14.3. The molecule has 2 amide bonds. The predicted molar refractivity (Wildman–Crippen MR) is 93.4 cm³/mol. The van der Waals surface area contributed by atoms with Gasteiger partial charge in [0.25, 0.3) is 5.91 Å². The van der Waals surface area contributed by atoms with E-state index in [9.17, 15) is 14.4 Å². The number of benzene rings is 1. The van der Waals surface area contributed by atoms with E-state index in [0.29, 0.717) is 36.6 Å². The molecule has 1 aromatic rings. The third-order valence-corrected chi connectivity index (χ3v) is 5.52. The fraction of sp³-hybridized carbons (Fsp3) is 0.500. The molecule has 6 nitrogen and oxygen atoms in total. The number of methoxy groups -OCH3 is 1. The Labute approximate surface area is 151 Å². The van der Waals surface area contributed by atoms with E-state index in [4.69, 9.17) is 16.3 Å². The van der Waals surface area contributed by atoms with Gasteiger partial charge in [-0.3, -0.25) is 19.3 Å². The number of likely N-dealkylation sites (tertiary alicyclic amines) is 1. The van der Waals surface area contributed by atoms with E-state index in [0.717, 1.165) is 5.56 Å². The van der Waals surface area contributed by atoms with E-state index >= 15 is 0 Å². The second kappa shape index (κ2) is 7.14. The molecule has 0 spiro atoms. The summed E-state index contributed by atoms with van der Waals surface area (Å²) in [4.78, 5) is 40.2. The van der Waals surface area contributed by atoms with Gasteiger partial charge in [0, 0.05) is 5.02 Å². The van der Waals surface area contributed by atoms with Crippen LogP contribution in [-0.4, -0.2) is 48.9 Å². The molecule has 2 aliphatic rings. The van der Waals surface area contributed by atoms with Crippen molar-refractivity contribution in [2.24, 2.45) is 5.92 Å². The second-order valence-corrected chi connectivity index (χ2v) is 6.91. The van der Waals surface area contributed by atoms with Crippen LogP contribution in [0.5, 0.6) is 0 Å². The summed E-state index contributed by atoms with van der Waals surface area (Å²) < 4.78 is 4.79. The number of halogens is 1. The molecular formula is C18H21ClN2O4. The van der Waals surface area contributed by atoms with Gasteiger partial charge in [-0.25, -0.2) is 4.90 Å². The first-order chi connectivity index (χ1) is 11.9. The average molecular weight is 365 g/mol. The lowest BCUT2D eigenvalue weighted by atomic mass is 9.95. The number of hydrogen-bond acceptors (Lipinski definition) is 5. The maximum Gasteiger partial charge on any atom is 0.308 e. The van der Waals surface area contributed by atoms with Crippen LogP contribution < -0.4 is 4.90 Å². The second-order valence-electron chi connectivity index (χ2n) is 6.50. The van der Waals surface area contributed by atoms with Crippen LogP contribution in [0.15, 0.2) is 18.2 Å². The minimum absolute atomic E-state index is 0.125. The maximum absolute atomic E-state index is 12.9. The Balaban J connectivity index is 1.74. The molecular weight excluding hydrogens is 344 g/mol. The Bertz CT molecular complexity index is 713. The molecule has 2 saturated heterocycles. The Hall–Kier alpha value is -1.92. The Morgan fingerprint density at radius 1 is 1.24 bits per heavy atom. The highest BCUT2D eigenvalue weighted by Crippen LogP contribution is 2.33. The fourth-order valence-corrected chi connectivity index (χ4v) is 3.78. The summed E-state index contributed by atoms with van der Waals surface area (Å²) in [5.41, 5.74) is 1.27. The largest absolute Gasteiger partial charge is 0.469 e. The van der Waals surface area contributed by atoms with Gasteiger partial charge in [0.05, 0.1) is 31.2 Å². The zero-order chi connectivity index (χ0) is 18.1. The van der Waals surface area contributed by atoms with Crippen LogP contribution in [0.3, 0.4) is 0 Å². The molecule has 25 heavy (non-hydrogen) atoms. The molecule has 2 heterocycles. The van der Waals surface area contributed by atoms with Crippen molar-refractivity contribution in [3.8, 4) is 0 Å². The van der Waals surface area contributed by atoms with Crippen molar-refractivity contribution >= 4 is 35.1 Å². The zero-order valence-corrected chi connectivity index (χ0v) is 15.1. The Morgan fingerprint density at radius 2 is 1.92 bits per heavy atom. The number of carbonyl (C=O) groups is 3. The van der Waals surface area contributed by atoms with Gasteiger partial charge in [-0.1, -0.05) is 17.7 Å². The smallest absolute Gasteiger partial charge is 0.308 e. The monoisotopic (exact) mass is 364 g/mol. The summed E-state index contributed by atoms with van der Waals surface area (Å²) in [7, 11) is 1.39. The van der Waals surface area contributed by atoms with Crippen LogP contribution in [-0.2, 0) is 19.1 Å². The molecule has 2 aliphatic heterocycles. The highest BCUT2D eigenvalue weighted by atomic mass is 35.5. The lowest BCUT2D eigenvalue weighted by Gasteiger charge is -2.33. The lowest BCUT2D eigenvalue weighted by Crippen LogP contribution is -2.47. The molecule has 3 rings (SSSR count). The van der Waals surface area contributed by atoms with Gasteiger partial charge in [-0.2, -0.15) is 0 Å². The van der Waals surface area contributed by atoms with E-state index in [1.807, 2.05) is 4.90 Å². The fourth-order valence-electron chi connectivity index (χ4n) is 3.61. The van der Waals surface area contributed by atoms with E-state index in [-0.39, 0.29) is 30.1 Å². The van der Waals surface area contributed by atoms with Gasteiger partial charge < -0.3 is 4.74 Å². The third kappa shape index (κ3) is 3.28. The molecule has 0 radical (unpaired) electrons. The van der Waals surface area contributed by atoms with Crippen LogP contribution >= 0.6 is 11.6 Å². The molecule has 1 aromatic carbocycles. The molecule has 7 heteroatoms. The van der Waals surface area contributed by atoms with Crippen molar-refractivity contribution in [2.45, 2.75) is 32.2 Å². The lowest BCUT2D eigenvalue weighted by molar-refractivity contribution is -0.147. The molecule has 0 saturated carbocycles. The first-order valence-corrected chi connectivity index (χ1v) is 8.75. The van der Waals surface area contributed by atoms with Crippen molar-refractivity contribution in [2.75, 3.05) is 25.1 Å². The number of piperidine rings is 1. The van der Waals surface area contributed by atoms with Gasteiger partial charge in [0.1, 0.15) is 0 Å². The van der Waals surface area contributed by atoms with Crippen LogP contribution in [0.2, 0.25) is 5.02 Å². The van der Waals surface area contributed by atoms with Gasteiger partial charge in [-0.05, 0) is 50.6 Å². The highest BCUT2D eigenvalue weighted by Gasteiger charge is 2.44. The maximum atomic E-state index is 12.9. The van der Waals surface area contributed by atoms with Crippen molar-refractivity contribution in [3.63, 3.8) is 0 Å². The van der Waals surface area contributed by atoms with Crippen molar-refractivity contribution < 1.29 is 19.1 Å². The van der Waals surface area contributed by atoms with Crippen LogP contribution in [0, 0.1) is 12.8 Å². The van der Waals surface area contributed by atoms with E-state index in [1.54, 1.807) is 25.1 Å². The number of anilines is 1. The Kier molecular flexibility index (Phi) is 5.11. The number of esters is 1. The summed E-state index contributed by atoms with van der Waals surface area (Å²) in [5.74, 6) is -0.758. The van der Waals surface area contributed by atoms with E-state index in [2.05, 4.69) is 0 Å². The van der Waals surface area contributed by atoms with Gasteiger partial charge >= 0.3 is 5.97 Å². The van der Waals surface area contributed by atoms with Gasteiger partial charge in [-0.15, -0.1) is 0 Å². The Morgan fingerprint density at radius 3 is 2.56 bits per heavy atom. The first kappa shape index (κ1) is 17.9. The number of hydrogen-bond donors (Lipinski definition) is 0. The number of amides is 2. The van der Waals surface area contributed by atoms with Gasteiger partial charge in [0.15, 0.2) is 0 Å².